The number of amides is 1. The van der Waals surface area contributed by atoms with E-state index in [0.717, 1.165) is 18.4 Å². The number of para-hydroxylation sites is 1. The molecule has 3 aromatic rings. The summed E-state index contributed by atoms with van der Waals surface area (Å²) >= 11 is 6.35. The second-order valence-electron chi connectivity index (χ2n) is 7.48. The number of carbonyl (C=O) groups excluding carboxylic acids is 1. The van der Waals surface area contributed by atoms with Crippen LogP contribution in [0.4, 0.5) is 5.69 Å². The molecule has 1 heterocycles. The summed E-state index contributed by atoms with van der Waals surface area (Å²) in [5, 5.41) is 0.0898. The van der Waals surface area contributed by atoms with Crippen LogP contribution < -0.4 is 4.31 Å². The lowest BCUT2D eigenvalue weighted by atomic mass is 10.2. The van der Waals surface area contributed by atoms with Gasteiger partial charge in [-0.1, -0.05) is 60.1 Å². The predicted molar refractivity (Wildman–Crippen MR) is 123 cm³/mol. The topological polar surface area (TPSA) is 57.7 Å². The van der Waals surface area contributed by atoms with E-state index in [9.17, 15) is 13.2 Å². The molecule has 1 saturated heterocycles. The summed E-state index contributed by atoms with van der Waals surface area (Å²) < 4.78 is 28.9. The van der Waals surface area contributed by atoms with Crippen molar-refractivity contribution >= 4 is 33.2 Å². The normalized spacial score (nSPS) is 13.9. The van der Waals surface area contributed by atoms with Gasteiger partial charge in [0.15, 0.2) is 0 Å². The Morgan fingerprint density at radius 3 is 2.16 bits per heavy atom. The van der Waals surface area contributed by atoms with Gasteiger partial charge < -0.3 is 4.90 Å². The molecule has 0 aliphatic carbocycles. The van der Waals surface area contributed by atoms with Crippen LogP contribution in [0.3, 0.4) is 0 Å². The Hall–Kier alpha value is -2.83. The zero-order chi connectivity index (χ0) is 21.8. The van der Waals surface area contributed by atoms with Crippen LogP contribution in [0, 0.1) is 0 Å². The fourth-order valence-electron chi connectivity index (χ4n) is 3.71. The molecule has 7 heteroatoms. The SMILES string of the molecule is O=C(c1ccc(Cl)c(S(=O)(=O)N(Cc2ccccc2)c2ccccc2)c1)N1CCCC1. The zero-order valence-electron chi connectivity index (χ0n) is 16.9. The van der Waals surface area contributed by atoms with Crippen LogP contribution in [0.25, 0.3) is 0 Å². The molecule has 1 aliphatic rings. The molecule has 5 nitrogen and oxygen atoms in total. The number of halogens is 1. The highest BCUT2D eigenvalue weighted by atomic mass is 35.5. The molecule has 160 valence electrons. The van der Waals surface area contributed by atoms with Crippen LogP contribution in [0.5, 0.6) is 0 Å². The van der Waals surface area contributed by atoms with Crippen molar-refractivity contribution < 1.29 is 13.2 Å². The van der Waals surface area contributed by atoms with E-state index in [1.54, 1.807) is 35.2 Å². The average molecular weight is 455 g/mol. The monoisotopic (exact) mass is 454 g/mol. The maximum Gasteiger partial charge on any atom is 0.266 e. The van der Waals surface area contributed by atoms with Crippen molar-refractivity contribution in [3.63, 3.8) is 0 Å². The first-order chi connectivity index (χ1) is 15.0. The van der Waals surface area contributed by atoms with Gasteiger partial charge in [-0.15, -0.1) is 0 Å². The fraction of sp³-hybridized carbons (Fsp3) is 0.208. The molecule has 0 bridgehead atoms. The third-order valence-corrected chi connectivity index (χ3v) is 7.61. The van der Waals surface area contributed by atoms with E-state index < -0.39 is 10.0 Å². The van der Waals surface area contributed by atoms with Crippen LogP contribution in [-0.4, -0.2) is 32.3 Å². The molecule has 1 aliphatic heterocycles. The number of nitrogens with zero attached hydrogens (tertiary/aromatic N) is 2. The van der Waals surface area contributed by atoms with Crippen molar-refractivity contribution in [3.8, 4) is 0 Å². The van der Waals surface area contributed by atoms with Crippen molar-refractivity contribution in [1.29, 1.82) is 0 Å². The van der Waals surface area contributed by atoms with E-state index in [0.29, 0.717) is 24.3 Å². The van der Waals surface area contributed by atoms with Crippen LogP contribution in [0.15, 0.2) is 83.8 Å². The lowest BCUT2D eigenvalue weighted by molar-refractivity contribution is 0.0792. The van der Waals surface area contributed by atoms with Gasteiger partial charge in [-0.05, 0) is 48.7 Å². The van der Waals surface area contributed by atoms with E-state index in [1.807, 2.05) is 36.4 Å². The predicted octanol–water partition coefficient (Wildman–Crippen LogP) is 4.97. The molecule has 0 saturated carbocycles. The average Bonchev–Trinajstić information content (AvgIpc) is 3.33. The molecule has 0 unspecified atom stereocenters. The summed E-state index contributed by atoms with van der Waals surface area (Å²) in [4.78, 5) is 14.5. The molecule has 3 aromatic carbocycles. The summed E-state index contributed by atoms with van der Waals surface area (Å²) in [7, 11) is -4.03. The van der Waals surface area contributed by atoms with Gasteiger partial charge in [0.25, 0.3) is 15.9 Å². The van der Waals surface area contributed by atoms with E-state index in [2.05, 4.69) is 0 Å². The highest BCUT2D eigenvalue weighted by Crippen LogP contribution is 2.31. The molecule has 1 amide bonds. The molecular weight excluding hydrogens is 432 g/mol. The standard InChI is InChI=1S/C24H23ClN2O3S/c25-22-14-13-20(24(28)26-15-7-8-16-26)17-23(22)31(29,30)27(21-11-5-2-6-12-21)18-19-9-3-1-4-10-19/h1-6,9-14,17H,7-8,15-16,18H2. The smallest absolute Gasteiger partial charge is 0.266 e. The number of hydrogen-bond donors (Lipinski definition) is 0. The van der Waals surface area contributed by atoms with Gasteiger partial charge in [0.2, 0.25) is 0 Å². The van der Waals surface area contributed by atoms with Gasteiger partial charge in [-0.3, -0.25) is 9.10 Å². The molecule has 0 aromatic heterocycles. The lowest BCUT2D eigenvalue weighted by Gasteiger charge is -2.25. The molecule has 1 fully saturated rings. The molecule has 0 N–H and O–H groups in total. The minimum atomic E-state index is -4.03. The Bertz CT molecular complexity index is 1160. The molecule has 0 spiro atoms. The lowest BCUT2D eigenvalue weighted by Crippen LogP contribution is -2.31. The number of sulfonamides is 1. The van der Waals surface area contributed by atoms with Crippen LogP contribution in [0.2, 0.25) is 5.02 Å². The Kier molecular flexibility index (Phi) is 6.30. The van der Waals surface area contributed by atoms with E-state index in [4.69, 9.17) is 11.6 Å². The molecule has 0 atom stereocenters. The third-order valence-electron chi connectivity index (χ3n) is 5.35. The van der Waals surface area contributed by atoms with Crippen LogP contribution in [-0.2, 0) is 16.6 Å². The van der Waals surface area contributed by atoms with Gasteiger partial charge in [-0.2, -0.15) is 0 Å². The maximum atomic E-state index is 13.8. The summed E-state index contributed by atoms with van der Waals surface area (Å²) in [6.07, 6.45) is 1.92. The summed E-state index contributed by atoms with van der Waals surface area (Å²) in [6.45, 7) is 1.52. The number of carbonyl (C=O) groups is 1. The quantitative estimate of drug-likeness (QED) is 0.528. The Labute approximate surface area is 187 Å². The number of anilines is 1. The highest BCUT2D eigenvalue weighted by Gasteiger charge is 2.29. The van der Waals surface area contributed by atoms with Crippen molar-refractivity contribution in [3.05, 3.63) is 95.0 Å². The minimum Gasteiger partial charge on any atom is -0.339 e. The van der Waals surface area contributed by atoms with Crippen molar-refractivity contribution in [2.75, 3.05) is 17.4 Å². The van der Waals surface area contributed by atoms with Gasteiger partial charge >= 0.3 is 0 Å². The first kappa shape index (κ1) is 21.4. The van der Waals surface area contributed by atoms with Crippen molar-refractivity contribution in [2.45, 2.75) is 24.3 Å². The number of rotatable bonds is 6. The van der Waals surface area contributed by atoms with Gasteiger partial charge in [0.1, 0.15) is 4.90 Å². The van der Waals surface area contributed by atoms with E-state index >= 15 is 0 Å². The maximum absolute atomic E-state index is 13.8. The number of hydrogen-bond acceptors (Lipinski definition) is 3. The number of likely N-dealkylation sites (tertiary alicyclic amines) is 1. The second-order valence-corrected chi connectivity index (χ2v) is 9.72. The molecule has 0 radical (unpaired) electrons. The highest BCUT2D eigenvalue weighted by molar-refractivity contribution is 7.93. The van der Waals surface area contributed by atoms with E-state index in [1.165, 1.54) is 16.4 Å². The van der Waals surface area contributed by atoms with Gasteiger partial charge in [0, 0.05) is 18.7 Å². The summed E-state index contributed by atoms with van der Waals surface area (Å²) in [5.74, 6) is -0.167. The van der Waals surface area contributed by atoms with E-state index in [-0.39, 0.29) is 22.4 Å². The molecule has 4 rings (SSSR count). The van der Waals surface area contributed by atoms with Crippen LogP contribution in [0.1, 0.15) is 28.8 Å². The Morgan fingerprint density at radius 1 is 0.903 bits per heavy atom. The minimum absolute atomic E-state index is 0.0704. The molecule has 31 heavy (non-hydrogen) atoms. The summed E-state index contributed by atoms with van der Waals surface area (Å²) in [6, 6.07) is 22.8. The van der Waals surface area contributed by atoms with Gasteiger partial charge in [-0.25, -0.2) is 8.42 Å². The van der Waals surface area contributed by atoms with Crippen molar-refractivity contribution in [2.24, 2.45) is 0 Å². The third kappa shape index (κ3) is 4.60. The summed E-state index contributed by atoms with van der Waals surface area (Å²) in [5.41, 5.74) is 1.70. The van der Waals surface area contributed by atoms with Crippen molar-refractivity contribution in [1.82, 2.24) is 4.90 Å². The Morgan fingerprint density at radius 2 is 1.52 bits per heavy atom. The fourth-order valence-corrected chi connectivity index (χ4v) is 5.67. The largest absolute Gasteiger partial charge is 0.339 e. The second kappa shape index (κ2) is 9.12. The first-order valence-electron chi connectivity index (χ1n) is 10.2. The van der Waals surface area contributed by atoms with Gasteiger partial charge in [0.05, 0.1) is 17.3 Å². The Balaban J connectivity index is 1.76. The molecular formula is C24H23ClN2O3S. The van der Waals surface area contributed by atoms with Crippen LogP contribution >= 0.6 is 11.6 Å². The first-order valence-corrected chi connectivity index (χ1v) is 12.0. The number of benzene rings is 3. The zero-order valence-corrected chi connectivity index (χ0v) is 18.5.